The Morgan fingerprint density at radius 1 is 1.09 bits per heavy atom. The van der Waals surface area contributed by atoms with Gasteiger partial charge in [0.1, 0.15) is 5.82 Å². The summed E-state index contributed by atoms with van der Waals surface area (Å²) in [5.41, 5.74) is -0.689. The Labute approximate surface area is 198 Å². The number of carbonyl (C=O) groups is 1. The predicted molar refractivity (Wildman–Crippen MR) is 122 cm³/mol. The summed E-state index contributed by atoms with van der Waals surface area (Å²) >= 11 is 5.73. The van der Waals surface area contributed by atoms with E-state index in [-0.39, 0.29) is 54.4 Å². The molecule has 1 aliphatic rings. The molecule has 2 aromatic rings. The molecular weight excluding hydrogens is 474 g/mol. The fraction of sp³-hybridized carbons (Fsp3) is 0.435. The zero-order valence-corrected chi connectivity index (χ0v) is 20.1. The summed E-state index contributed by atoms with van der Waals surface area (Å²) in [7, 11) is -3.82. The van der Waals surface area contributed by atoms with Gasteiger partial charge in [-0.1, -0.05) is 31.5 Å². The van der Waals surface area contributed by atoms with Crippen LogP contribution >= 0.6 is 11.6 Å². The van der Waals surface area contributed by atoms with Crippen molar-refractivity contribution in [3.63, 3.8) is 0 Å². The van der Waals surface area contributed by atoms with E-state index < -0.39 is 27.1 Å². The minimum Gasteiger partial charge on any atom is -0.491 e. The molecule has 1 amide bonds. The van der Waals surface area contributed by atoms with E-state index >= 15 is 0 Å². The fourth-order valence-corrected chi connectivity index (χ4v) is 5.34. The van der Waals surface area contributed by atoms with Gasteiger partial charge in [-0.2, -0.15) is 4.31 Å². The Balaban J connectivity index is 1.50. The zero-order chi connectivity index (χ0) is 24.2. The number of carbonyl (C=O) groups excluding carboxylic acids is 1. The summed E-state index contributed by atoms with van der Waals surface area (Å²) in [5, 5.41) is 0.287. The summed E-state index contributed by atoms with van der Waals surface area (Å²) in [5.74, 6) is -1.12. The lowest BCUT2D eigenvalue weighted by Gasteiger charge is -2.38. The number of hydrogen-bond donors (Lipinski definition) is 0. The van der Waals surface area contributed by atoms with Gasteiger partial charge in [0.15, 0.2) is 11.6 Å². The molecule has 0 saturated carbocycles. The van der Waals surface area contributed by atoms with E-state index in [2.05, 4.69) is 0 Å². The molecule has 0 spiro atoms. The highest BCUT2D eigenvalue weighted by Gasteiger charge is 2.36. The van der Waals surface area contributed by atoms with E-state index in [0.717, 1.165) is 6.07 Å². The molecule has 0 aromatic heterocycles. The molecule has 0 radical (unpaired) electrons. The molecule has 10 heteroatoms. The Morgan fingerprint density at radius 3 is 2.42 bits per heavy atom. The van der Waals surface area contributed by atoms with Crippen LogP contribution in [0, 0.1) is 17.0 Å². The maximum absolute atomic E-state index is 13.8. The maximum atomic E-state index is 13.8. The van der Waals surface area contributed by atoms with Gasteiger partial charge in [-0.15, -0.1) is 0 Å². The fourth-order valence-electron chi connectivity index (χ4n) is 3.73. The predicted octanol–water partition coefficient (Wildman–Crippen LogP) is 4.34. The van der Waals surface area contributed by atoms with Crippen LogP contribution in [0.3, 0.4) is 0 Å². The lowest BCUT2D eigenvalue weighted by Crippen LogP contribution is -2.53. The summed E-state index contributed by atoms with van der Waals surface area (Å²) in [6, 6.07) is 9.08. The largest absolute Gasteiger partial charge is 0.491 e. The number of nitrogens with zero attached hydrogens (tertiary/aromatic N) is 2. The molecule has 2 aromatic carbocycles. The van der Waals surface area contributed by atoms with Gasteiger partial charge in [-0.05, 0) is 49.2 Å². The summed E-state index contributed by atoms with van der Waals surface area (Å²) in [6.45, 7) is 4.68. The molecule has 180 valence electrons. The van der Waals surface area contributed by atoms with Crippen molar-refractivity contribution < 1.29 is 26.7 Å². The van der Waals surface area contributed by atoms with Gasteiger partial charge in [-0.25, -0.2) is 17.2 Å². The average molecular weight is 501 g/mol. The minimum absolute atomic E-state index is 0.0806. The topological polar surface area (TPSA) is 66.9 Å². The lowest BCUT2D eigenvalue weighted by atomic mass is 9.86. The van der Waals surface area contributed by atoms with Crippen LogP contribution in [0.4, 0.5) is 8.78 Å². The van der Waals surface area contributed by atoms with Crippen molar-refractivity contribution in [3.8, 4) is 5.75 Å². The van der Waals surface area contributed by atoms with E-state index in [0.29, 0.717) is 12.8 Å². The van der Waals surface area contributed by atoms with Crippen LogP contribution in [0.25, 0.3) is 0 Å². The van der Waals surface area contributed by atoms with Gasteiger partial charge >= 0.3 is 0 Å². The molecule has 0 aliphatic carbocycles. The standard InChI is InChI=1S/C23H27ClF2N2O4S/c1-23(2,9-4-14-32-21-8-7-17(24)15-20(21)26)22(29)27-10-12-28(13-11-27)33(30,31)19-6-3-5-18(25)16-19/h3,5-8,15-16H,4,9-14H2,1-2H3. The highest BCUT2D eigenvalue weighted by molar-refractivity contribution is 7.89. The average Bonchev–Trinajstić information content (AvgIpc) is 2.77. The molecule has 0 bridgehead atoms. The Bertz CT molecular complexity index is 1100. The molecule has 3 rings (SSSR count). The van der Waals surface area contributed by atoms with Crippen molar-refractivity contribution in [1.82, 2.24) is 9.21 Å². The van der Waals surface area contributed by atoms with Crippen molar-refractivity contribution in [2.24, 2.45) is 5.41 Å². The van der Waals surface area contributed by atoms with Crippen LogP contribution in [0.15, 0.2) is 47.4 Å². The molecule has 1 heterocycles. The number of halogens is 3. The summed E-state index contributed by atoms with van der Waals surface area (Å²) < 4.78 is 59.5. The van der Waals surface area contributed by atoms with E-state index in [9.17, 15) is 22.0 Å². The summed E-state index contributed by atoms with van der Waals surface area (Å²) in [6.07, 6.45) is 1.05. The van der Waals surface area contributed by atoms with Crippen molar-refractivity contribution in [2.45, 2.75) is 31.6 Å². The van der Waals surface area contributed by atoms with E-state index in [1.807, 2.05) is 13.8 Å². The van der Waals surface area contributed by atoms with Crippen LogP contribution in [-0.4, -0.2) is 56.3 Å². The lowest BCUT2D eigenvalue weighted by molar-refractivity contribution is -0.142. The van der Waals surface area contributed by atoms with Gasteiger partial charge in [0.25, 0.3) is 0 Å². The number of hydrogen-bond acceptors (Lipinski definition) is 4. The maximum Gasteiger partial charge on any atom is 0.243 e. The number of rotatable bonds is 8. The highest BCUT2D eigenvalue weighted by atomic mass is 35.5. The second-order valence-corrected chi connectivity index (χ2v) is 10.9. The van der Waals surface area contributed by atoms with Crippen LogP contribution in [0.1, 0.15) is 26.7 Å². The molecule has 6 nitrogen and oxygen atoms in total. The Hall–Kier alpha value is -2.23. The molecule has 0 unspecified atom stereocenters. The van der Waals surface area contributed by atoms with Crippen molar-refractivity contribution in [3.05, 3.63) is 59.1 Å². The quantitative estimate of drug-likeness (QED) is 0.506. The van der Waals surface area contributed by atoms with Crippen LogP contribution in [-0.2, 0) is 14.8 Å². The van der Waals surface area contributed by atoms with Gasteiger partial charge in [0.05, 0.1) is 11.5 Å². The van der Waals surface area contributed by atoms with Crippen molar-refractivity contribution >= 4 is 27.5 Å². The summed E-state index contributed by atoms with van der Waals surface area (Å²) in [4.78, 5) is 14.6. The normalized spacial score (nSPS) is 15.5. The molecule has 0 atom stereocenters. The van der Waals surface area contributed by atoms with E-state index in [1.165, 1.54) is 34.6 Å². The first kappa shape index (κ1) is 25.4. The van der Waals surface area contributed by atoms with E-state index in [4.69, 9.17) is 16.3 Å². The Kier molecular flexibility index (Phi) is 7.97. The molecular formula is C23H27ClF2N2O4S. The van der Waals surface area contributed by atoms with Crippen LogP contribution < -0.4 is 4.74 Å². The Morgan fingerprint density at radius 2 is 1.79 bits per heavy atom. The second kappa shape index (κ2) is 10.4. The first-order chi connectivity index (χ1) is 15.5. The SMILES string of the molecule is CC(C)(CCCOc1ccc(Cl)cc1F)C(=O)N1CCN(S(=O)(=O)c2cccc(F)c2)CC1. The number of amides is 1. The molecule has 33 heavy (non-hydrogen) atoms. The van der Waals surface area contributed by atoms with Gasteiger partial charge < -0.3 is 9.64 Å². The van der Waals surface area contributed by atoms with Gasteiger partial charge in [-0.3, -0.25) is 4.79 Å². The monoisotopic (exact) mass is 500 g/mol. The minimum atomic E-state index is -3.82. The van der Waals surface area contributed by atoms with Gasteiger partial charge in [0.2, 0.25) is 15.9 Å². The first-order valence-electron chi connectivity index (χ1n) is 10.6. The first-order valence-corrected chi connectivity index (χ1v) is 12.5. The molecule has 1 saturated heterocycles. The van der Waals surface area contributed by atoms with Gasteiger partial charge in [0, 0.05) is 36.6 Å². The highest BCUT2D eigenvalue weighted by Crippen LogP contribution is 2.28. The smallest absolute Gasteiger partial charge is 0.243 e. The van der Waals surface area contributed by atoms with Crippen molar-refractivity contribution in [1.29, 1.82) is 0 Å². The zero-order valence-electron chi connectivity index (χ0n) is 18.6. The van der Waals surface area contributed by atoms with Crippen LogP contribution in [0.5, 0.6) is 5.75 Å². The molecule has 0 N–H and O–H groups in total. The van der Waals surface area contributed by atoms with Crippen molar-refractivity contribution in [2.75, 3.05) is 32.8 Å². The number of piperazine rings is 1. The third kappa shape index (κ3) is 6.22. The van der Waals surface area contributed by atoms with E-state index in [1.54, 1.807) is 11.0 Å². The number of benzene rings is 2. The number of ether oxygens (including phenoxy) is 1. The van der Waals surface area contributed by atoms with Crippen LogP contribution in [0.2, 0.25) is 5.02 Å². The second-order valence-electron chi connectivity index (χ2n) is 8.56. The number of sulfonamides is 1. The molecule has 1 aliphatic heterocycles. The molecule has 1 fully saturated rings. The third-order valence-electron chi connectivity index (χ3n) is 5.64. The third-order valence-corrected chi connectivity index (χ3v) is 7.77.